The molecule has 0 bridgehead atoms. The number of hydrogen-bond donors (Lipinski definition) is 0. The Hall–Kier alpha value is -8.98. The Labute approximate surface area is 425 Å². The Bertz CT molecular complexity index is 4260. The van der Waals surface area contributed by atoms with Crippen LogP contribution in [0.15, 0.2) is 255 Å². The minimum absolute atomic E-state index is 0.180. The van der Waals surface area contributed by atoms with E-state index in [1.807, 2.05) is 0 Å². The molecule has 0 fully saturated rings. The molecular weight excluding hydrogens is 881 g/mol. The average molecular weight is 929 g/mol. The van der Waals surface area contributed by atoms with Crippen LogP contribution < -0.4 is 4.90 Å². The monoisotopic (exact) mass is 928 g/mol. The molecule has 0 saturated carbocycles. The third-order valence-corrected chi connectivity index (χ3v) is 17.5. The van der Waals surface area contributed by atoms with Gasteiger partial charge in [-0.3, -0.25) is 0 Å². The molecule has 2 heteroatoms. The van der Waals surface area contributed by atoms with E-state index < -0.39 is 10.8 Å². The summed E-state index contributed by atoms with van der Waals surface area (Å²) < 4.78 is 2.53. The minimum Gasteiger partial charge on any atom is -0.310 e. The van der Waals surface area contributed by atoms with Crippen molar-refractivity contribution in [3.8, 4) is 39.1 Å². The predicted molar refractivity (Wildman–Crippen MR) is 301 cm³/mol. The maximum atomic E-state index is 2.57. The third kappa shape index (κ3) is 5.03. The van der Waals surface area contributed by atoms with E-state index in [4.69, 9.17) is 0 Å². The lowest BCUT2D eigenvalue weighted by atomic mass is 9.65. The number of fused-ring (bicyclic) bond motifs is 18. The van der Waals surface area contributed by atoms with Crippen molar-refractivity contribution < 1.29 is 0 Å². The molecule has 0 saturated heterocycles. The summed E-state index contributed by atoms with van der Waals surface area (Å²) in [7, 11) is 0. The quantitative estimate of drug-likeness (QED) is 0.167. The average Bonchev–Trinajstić information content (AvgIpc) is 4.13. The number of aromatic nitrogens is 1. The summed E-state index contributed by atoms with van der Waals surface area (Å²) in [6.45, 7) is 4.78. The number of benzene rings is 11. The topological polar surface area (TPSA) is 8.17 Å². The van der Waals surface area contributed by atoms with Crippen molar-refractivity contribution in [3.05, 3.63) is 310 Å². The van der Waals surface area contributed by atoms with Gasteiger partial charge in [0, 0.05) is 33.1 Å². The number of anilines is 3. The second kappa shape index (κ2) is 14.6. The van der Waals surface area contributed by atoms with Crippen LogP contribution >= 0.6 is 0 Å². The van der Waals surface area contributed by atoms with Crippen molar-refractivity contribution in [2.45, 2.75) is 30.1 Å². The first-order chi connectivity index (χ1) is 36.0. The molecule has 2 heterocycles. The van der Waals surface area contributed by atoms with Crippen molar-refractivity contribution >= 4 is 38.9 Å². The highest BCUT2D eigenvalue weighted by Crippen LogP contribution is 2.64. The Balaban J connectivity index is 0.971. The Morgan fingerprint density at radius 2 is 0.836 bits per heavy atom. The molecule has 0 amide bonds. The molecule has 0 radical (unpaired) electrons. The number of hydrogen-bond acceptors (Lipinski definition) is 1. The van der Waals surface area contributed by atoms with Gasteiger partial charge in [0.05, 0.1) is 33.2 Å². The molecule has 1 aliphatic heterocycles. The minimum atomic E-state index is -0.579. The fraction of sp³-hybridized carbons (Fsp3) is 0.0704. The molecule has 4 aliphatic rings. The van der Waals surface area contributed by atoms with Crippen LogP contribution in [0, 0.1) is 0 Å². The molecule has 11 aromatic carbocycles. The number of para-hydroxylation sites is 3. The van der Waals surface area contributed by atoms with E-state index in [0.29, 0.717) is 0 Å². The summed E-state index contributed by atoms with van der Waals surface area (Å²) in [6.07, 6.45) is 0. The molecule has 12 aromatic rings. The van der Waals surface area contributed by atoms with Crippen molar-refractivity contribution in [1.29, 1.82) is 0 Å². The summed E-state index contributed by atoms with van der Waals surface area (Å²) in [6, 6.07) is 96.5. The van der Waals surface area contributed by atoms with Gasteiger partial charge < -0.3 is 9.47 Å². The SMILES string of the molecule is CC1(C)c2ccccc2-c2ccc(N(c3ccc(C4(c5ccccc5)c5ccccc5-c5ccccc54)cc3)c3cccc4c3-c3ccccc3C43c4ccccc4-n4c5ccccc5c5cccc3c54)cc21. The van der Waals surface area contributed by atoms with Crippen molar-refractivity contribution in [3.63, 3.8) is 0 Å². The zero-order valence-corrected chi connectivity index (χ0v) is 40.6. The third-order valence-electron chi connectivity index (χ3n) is 17.5. The second-order valence-corrected chi connectivity index (χ2v) is 21.1. The fourth-order valence-corrected chi connectivity index (χ4v) is 14.6. The van der Waals surface area contributed by atoms with Gasteiger partial charge in [-0.2, -0.15) is 0 Å². The van der Waals surface area contributed by atoms with Crippen LogP contribution in [0.25, 0.3) is 60.9 Å². The van der Waals surface area contributed by atoms with Gasteiger partial charge in [-0.25, -0.2) is 0 Å². The highest BCUT2D eigenvalue weighted by atomic mass is 15.1. The highest BCUT2D eigenvalue weighted by molar-refractivity contribution is 6.13. The van der Waals surface area contributed by atoms with Crippen LogP contribution in [-0.4, -0.2) is 4.57 Å². The molecule has 16 rings (SSSR count). The summed E-state index contributed by atoms with van der Waals surface area (Å²) in [5, 5.41) is 2.56. The normalized spacial score (nSPS) is 16.4. The van der Waals surface area contributed by atoms with E-state index >= 15 is 0 Å². The van der Waals surface area contributed by atoms with Gasteiger partial charge in [0.25, 0.3) is 0 Å². The second-order valence-electron chi connectivity index (χ2n) is 21.1. The van der Waals surface area contributed by atoms with Crippen molar-refractivity contribution in [2.75, 3.05) is 4.90 Å². The van der Waals surface area contributed by atoms with E-state index in [2.05, 4.69) is 278 Å². The van der Waals surface area contributed by atoms with E-state index in [9.17, 15) is 0 Å². The molecule has 1 unspecified atom stereocenters. The van der Waals surface area contributed by atoms with Gasteiger partial charge in [0.2, 0.25) is 0 Å². The van der Waals surface area contributed by atoms with Gasteiger partial charge in [0.1, 0.15) is 0 Å². The molecule has 73 heavy (non-hydrogen) atoms. The number of nitrogens with zero attached hydrogens (tertiary/aromatic N) is 2. The fourth-order valence-electron chi connectivity index (χ4n) is 14.6. The van der Waals surface area contributed by atoms with Crippen LogP contribution in [-0.2, 0) is 16.2 Å². The first kappa shape index (κ1) is 40.7. The van der Waals surface area contributed by atoms with E-state index in [0.717, 1.165) is 17.1 Å². The first-order valence-electron chi connectivity index (χ1n) is 25.8. The molecular formula is C71H48N2. The maximum Gasteiger partial charge on any atom is 0.0755 e. The molecule has 2 nitrogen and oxygen atoms in total. The summed E-state index contributed by atoms with van der Waals surface area (Å²) in [4.78, 5) is 2.57. The van der Waals surface area contributed by atoms with E-state index in [1.54, 1.807) is 0 Å². The molecule has 1 spiro atoms. The van der Waals surface area contributed by atoms with Crippen LogP contribution in [0.5, 0.6) is 0 Å². The van der Waals surface area contributed by atoms with Gasteiger partial charge >= 0.3 is 0 Å². The molecule has 3 aliphatic carbocycles. The zero-order valence-electron chi connectivity index (χ0n) is 40.6. The molecule has 342 valence electrons. The van der Waals surface area contributed by atoms with Crippen molar-refractivity contribution in [1.82, 2.24) is 4.57 Å². The zero-order chi connectivity index (χ0) is 48.2. The van der Waals surface area contributed by atoms with E-state index in [-0.39, 0.29) is 5.41 Å². The van der Waals surface area contributed by atoms with E-state index in [1.165, 1.54) is 117 Å². The van der Waals surface area contributed by atoms with Crippen LogP contribution in [0.3, 0.4) is 0 Å². The lowest BCUT2D eigenvalue weighted by Crippen LogP contribution is -2.33. The lowest BCUT2D eigenvalue weighted by Gasteiger charge is -2.39. The molecule has 1 aromatic heterocycles. The van der Waals surface area contributed by atoms with Gasteiger partial charge in [-0.1, -0.05) is 226 Å². The first-order valence-corrected chi connectivity index (χ1v) is 25.8. The predicted octanol–water partition coefficient (Wildman–Crippen LogP) is 17.6. The summed E-state index contributed by atoms with van der Waals surface area (Å²) in [5.74, 6) is 0. The largest absolute Gasteiger partial charge is 0.310 e. The smallest absolute Gasteiger partial charge is 0.0755 e. The molecule has 0 N–H and O–H groups in total. The standard InChI is InChI=1S/C71H48N2/c1-69(2)56-28-11-6-22-49(56)52-43-42-48(44-63(52)69)72(47-40-38-46(39-41-47)70(45-20-4-3-5-21-45)57-29-12-7-23-50(57)51-24-8-13-30-58(51)70)66-37-19-33-61-67(66)55-26-9-14-31-59(55)71(61)60-32-15-17-36-65(60)73-64-35-16-10-25-53(64)54-27-18-34-62(71)68(54)73/h3-44H,1-2H3. The van der Waals surface area contributed by atoms with Crippen molar-refractivity contribution in [2.24, 2.45) is 0 Å². The van der Waals surface area contributed by atoms with Crippen LogP contribution in [0.1, 0.15) is 69.5 Å². The maximum absolute atomic E-state index is 2.57. The van der Waals surface area contributed by atoms with Crippen LogP contribution in [0.2, 0.25) is 0 Å². The lowest BCUT2D eigenvalue weighted by molar-refractivity contribution is 0.660. The van der Waals surface area contributed by atoms with Gasteiger partial charge in [-0.05, 0) is 126 Å². The van der Waals surface area contributed by atoms with Gasteiger partial charge in [-0.15, -0.1) is 0 Å². The Morgan fingerprint density at radius 1 is 0.329 bits per heavy atom. The Morgan fingerprint density at radius 3 is 1.58 bits per heavy atom. The van der Waals surface area contributed by atoms with Crippen LogP contribution in [0.4, 0.5) is 17.1 Å². The summed E-state index contributed by atoms with van der Waals surface area (Å²) in [5.41, 5.74) is 26.8. The Kier molecular flexibility index (Phi) is 8.12. The number of rotatable bonds is 5. The van der Waals surface area contributed by atoms with Gasteiger partial charge in [0.15, 0.2) is 0 Å². The molecule has 1 atom stereocenters. The summed E-state index contributed by atoms with van der Waals surface area (Å²) >= 11 is 0. The highest BCUT2D eigenvalue weighted by Gasteiger charge is 2.52.